The van der Waals surface area contributed by atoms with Crippen molar-refractivity contribution in [2.75, 3.05) is 32.3 Å². The topological polar surface area (TPSA) is 36.9 Å². The summed E-state index contributed by atoms with van der Waals surface area (Å²) < 4.78 is 22.3. The average Bonchev–Trinajstić information content (AvgIpc) is 2.17. The molecule has 0 heterocycles. The Labute approximate surface area is 115 Å². The number of hydrogen-bond acceptors (Lipinski definition) is 6. The zero-order chi connectivity index (χ0) is 13.4. The van der Waals surface area contributed by atoms with Gasteiger partial charge in [0.1, 0.15) is 0 Å². The third kappa shape index (κ3) is 7.34. The molecule has 0 rings (SSSR count). The highest BCUT2D eigenvalue weighted by Gasteiger charge is 2.30. The zero-order valence-electron chi connectivity index (χ0n) is 10.9. The first-order valence-electron chi connectivity index (χ1n) is 5.71. The van der Waals surface area contributed by atoms with Crippen molar-refractivity contribution in [3.63, 3.8) is 0 Å². The van der Waals surface area contributed by atoms with Crippen LogP contribution in [-0.4, -0.2) is 32.3 Å². The first kappa shape index (κ1) is 18.1. The normalized spacial score (nSPS) is 12.9. The molecule has 0 amide bonds. The molecule has 0 aromatic rings. The van der Waals surface area contributed by atoms with Crippen molar-refractivity contribution in [2.45, 2.75) is 27.7 Å². The molecule has 104 valence electrons. The van der Waals surface area contributed by atoms with E-state index in [1.807, 2.05) is 27.7 Å². The van der Waals surface area contributed by atoms with Crippen LogP contribution in [0, 0.1) is 0 Å². The van der Waals surface area contributed by atoms with E-state index in [-0.39, 0.29) is 0 Å². The van der Waals surface area contributed by atoms with Crippen LogP contribution < -0.4 is 0 Å². The van der Waals surface area contributed by atoms with Gasteiger partial charge in [-0.15, -0.1) is 0 Å². The highest BCUT2D eigenvalue weighted by Crippen LogP contribution is 2.64. The van der Waals surface area contributed by atoms with E-state index in [2.05, 4.69) is 0 Å². The van der Waals surface area contributed by atoms with Crippen molar-refractivity contribution >= 4 is 36.6 Å². The Morgan fingerprint density at radius 3 is 1.06 bits per heavy atom. The second-order valence-corrected chi connectivity index (χ2v) is 11.0. The van der Waals surface area contributed by atoms with Gasteiger partial charge in [-0.2, -0.15) is 0 Å². The lowest BCUT2D eigenvalue weighted by Gasteiger charge is -2.28. The van der Waals surface area contributed by atoms with Crippen LogP contribution in [0.5, 0.6) is 0 Å². The Bertz CT molecular complexity index is 251. The molecule has 0 atom stereocenters. The molecule has 0 unspecified atom stereocenters. The smallest absolute Gasteiger partial charge is 0.198 e. The Balaban J connectivity index is 4.79. The molecule has 17 heavy (non-hydrogen) atoms. The van der Waals surface area contributed by atoms with Gasteiger partial charge < -0.3 is 18.1 Å². The molecule has 0 aliphatic heterocycles. The van der Waals surface area contributed by atoms with Crippen LogP contribution in [0.15, 0.2) is 0 Å². The molecule has 0 aliphatic rings. The molecule has 4 nitrogen and oxygen atoms in total. The van der Waals surface area contributed by atoms with Gasteiger partial charge in [-0.3, -0.25) is 0 Å². The van der Waals surface area contributed by atoms with Gasteiger partial charge in [-0.05, 0) is 51.3 Å². The fourth-order valence-corrected chi connectivity index (χ4v) is 10.6. The zero-order valence-corrected chi connectivity index (χ0v) is 14.3. The monoisotopic (exact) mass is 320 g/mol. The van der Waals surface area contributed by atoms with Gasteiger partial charge in [0.2, 0.25) is 0 Å². The van der Waals surface area contributed by atoms with E-state index in [1.165, 1.54) is 0 Å². The molecule has 0 spiro atoms. The maximum atomic E-state index is 5.56. The lowest BCUT2D eigenvalue weighted by molar-refractivity contribution is 0.255. The molecule has 0 aromatic heterocycles. The molecule has 8 heteroatoms. The Hall–Kier alpha value is 1.14. The maximum Gasteiger partial charge on any atom is 0.198 e. The quantitative estimate of drug-likeness (QED) is 0.571. The summed E-state index contributed by atoms with van der Waals surface area (Å²) in [6.45, 7) is 4.91. The standard InChI is InChI=1S/C9H22O4P2S2/c1-5-10-14(16,11-6-2)9-15(17,12-7-3)13-8-4/h5-9H2,1-4H3. The SMILES string of the molecule is CCOP(=S)(CP(=S)(OCC)OCC)OCC. The van der Waals surface area contributed by atoms with Gasteiger partial charge in [0, 0.05) is 0 Å². The van der Waals surface area contributed by atoms with E-state index >= 15 is 0 Å². The maximum absolute atomic E-state index is 5.56. The minimum absolute atomic E-state index is 0.397. The highest BCUT2D eigenvalue weighted by atomic mass is 32.5. The summed E-state index contributed by atoms with van der Waals surface area (Å²) in [7, 11) is 0. The summed E-state index contributed by atoms with van der Waals surface area (Å²) >= 11 is 10.9. The fourth-order valence-electron chi connectivity index (χ4n) is 1.24. The molecule has 0 saturated carbocycles. The molecule has 0 fully saturated rings. The van der Waals surface area contributed by atoms with Crippen LogP contribution in [0.4, 0.5) is 0 Å². The lowest BCUT2D eigenvalue weighted by Crippen LogP contribution is -2.05. The number of hydrogen-bond donors (Lipinski definition) is 0. The minimum atomic E-state index is -2.37. The van der Waals surface area contributed by atoms with E-state index in [4.69, 9.17) is 41.7 Å². The Morgan fingerprint density at radius 2 is 0.882 bits per heavy atom. The summed E-state index contributed by atoms with van der Waals surface area (Å²) in [6, 6.07) is 0. The van der Waals surface area contributed by atoms with Crippen molar-refractivity contribution in [2.24, 2.45) is 0 Å². The average molecular weight is 320 g/mol. The Kier molecular flexibility index (Phi) is 9.72. The van der Waals surface area contributed by atoms with Crippen LogP contribution in [0.25, 0.3) is 0 Å². The van der Waals surface area contributed by atoms with Gasteiger partial charge >= 0.3 is 0 Å². The van der Waals surface area contributed by atoms with Gasteiger partial charge in [0.15, 0.2) is 13.0 Å². The van der Waals surface area contributed by atoms with Gasteiger partial charge in [0.05, 0.1) is 32.3 Å². The van der Waals surface area contributed by atoms with Crippen molar-refractivity contribution in [3.8, 4) is 0 Å². The van der Waals surface area contributed by atoms with Gasteiger partial charge in [-0.25, -0.2) is 0 Å². The molecule has 0 N–H and O–H groups in total. The highest BCUT2D eigenvalue weighted by molar-refractivity contribution is 8.19. The molecule has 0 bridgehead atoms. The summed E-state index contributed by atoms with van der Waals surface area (Å²) in [4.78, 5) is 0. The van der Waals surface area contributed by atoms with E-state index in [0.29, 0.717) is 32.3 Å². The van der Waals surface area contributed by atoms with E-state index in [9.17, 15) is 0 Å². The molecule has 0 saturated heterocycles. The third-order valence-electron chi connectivity index (χ3n) is 1.65. The summed E-state index contributed by atoms with van der Waals surface area (Å²) in [6.07, 6.45) is 0. The summed E-state index contributed by atoms with van der Waals surface area (Å²) in [5.41, 5.74) is 0. The van der Waals surface area contributed by atoms with E-state index in [1.54, 1.807) is 0 Å². The van der Waals surface area contributed by atoms with Crippen molar-refractivity contribution in [3.05, 3.63) is 0 Å². The second-order valence-electron chi connectivity index (χ2n) is 3.03. The molecular weight excluding hydrogens is 298 g/mol. The van der Waals surface area contributed by atoms with Crippen LogP contribution in [-0.2, 0) is 41.7 Å². The third-order valence-corrected chi connectivity index (χ3v) is 10.4. The first-order chi connectivity index (χ1) is 7.95. The molecule has 0 aromatic carbocycles. The Morgan fingerprint density at radius 1 is 0.647 bits per heavy atom. The lowest BCUT2D eigenvalue weighted by atomic mass is 10.9. The molecular formula is C9H22O4P2S2. The number of rotatable bonds is 10. The van der Waals surface area contributed by atoms with Crippen LogP contribution >= 0.6 is 13.0 Å². The largest absolute Gasteiger partial charge is 0.329 e. The fraction of sp³-hybridized carbons (Fsp3) is 1.00. The van der Waals surface area contributed by atoms with Crippen LogP contribution in [0.2, 0.25) is 0 Å². The van der Waals surface area contributed by atoms with E-state index in [0.717, 1.165) is 0 Å². The molecule has 0 radical (unpaired) electrons. The van der Waals surface area contributed by atoms with Crippen molar-refractivity contribution in [1.29, 1.82) is 0 Å². The predicted molar refractivity (Wildman–Crippen MR) is 79.9 cm³/mol. The van der Waals surface area contributed by atoms with Crippen LogP contribution in [0.3, 0.4) is 0 Å². The van der Waals surface area contributed by atoms with Crippen LogP contribution in [0.1, 0.15) is 27.7 Å². The van der Waals surface area contributed by atoms with Gasteiger partial charge in [0.25, 0.3) is 0 Å². The second kappa shape index (κ2) is 9.11. The van der Waals surface area contributed by atoms with E-state index < -0.39 is 13.0 Å². The van der Waals surface area contributed by atoms with Crippen molar-refractivity contribution < 1.29 is 18.1 Å². The first-order valence-corrected chi connectivity index (χ1v) is 11.4. The predicted octanol–water partition coefficient (Wildman–Crippen LogP) is 3.71. The summed E-state index contributed by atoms with van der Waals surface area (Å²) in [5, 5.41) is 0. The van der Waals surface area contributed by atoms with Crippen molar-refractivity contribution in [1.82, 2.24) is 0 Å². The minimum Gasteiger partial charge on any atom is -0.329 e. The van der Waals surface area contributed by atoms with Gasteiger partial charge in [-0.1, -0.05) is 0 Å². The summed E-state index contributed by atoms with van der Waals surface area (Å²) in [5.74, 6) is 0.397. The molecule has 0 aliphatic carbocycles.